The first-order valence-corrected chi connectivity index (χ1v) is 8.46. The predicted molar refractivity (Wildman–Crippen MR) is 91.5 cm³/mol. The molecular formula is C16H25BrN2O3. The monoisotopic (exact) mass is 372 g/mol. The topological polar surface area (TPSA) is 73.6 Å². The zero-order chi connectivity index (χ0) is 16.4. The standard InChI is InChI=1S/C16H25BrN2O3/c1-3-21-14-9-12(13(17)11-15(14)22-4-2)10-16(20)19-8-6-5-7-18/h9,11H,3-8,10,18H2,1-2H3,(H,19,20). The van der Waals surface area contributed by atoms with Gasteiger partial charge in [-0.1, -0.05) is 15.9 Å². The molecule has 0 bridgehead atoms. The number of ether oxygens (including phenoxy) is 2. The summed E-state index contributed by atoms with van der Waals surface area (Å²) in [5.41, 5.74) is 6.31. The number of unbranched alkanes of at least 4 members (excludes halogenated alkanes) is 1. The van der Waals surface area contributed by atoms with Crippen molar-refractivity contribution in [3.05, 3.63) is 22.2 Å². The van der Waals surface area contributed by atoms with Crippen LogP contribution >= 0.6 is 15.9 Å². The molecule has 22 heavy (non-hydrogen) atoms. The van der Waals surface area contributed by atoms with Crippen LogP contribution in [0.5, 0.6) is 11.5 Å². The lowest BCUT2D eigenvalue weighted by atomic mass is 10.1. The molecule has 0 saturated carbocycles. The quantitative estimate of drug-likeness (QED) is 0.619. The van der Waals surface area contributed by atoms with Crippen LogP contribution in [-0.4, -0.2) is 32.2 Å². The van der Waals surface area contributed by atoms with Gasteiger partial charge in [-0.3, -0.25) is 4.79 Å². The van der Waals surface area contributed by atoms with Crippen molar-refractivity contribution in [2.75, 3.05) is 26.3 Å². The van der Waals surface area contributed by atoms with E-state index in [0.29, 0.717) is 44.2 Å². The second-order valence-corrected chi connectivity index (χ2v) is 5.63. The SMILES string of the molecule is CCOc1cc(Br)c(CC(=O)NCCCCN)cc1OCC. The third kappa shape index (κ3) is 6.23. The first-order valence-electron chi connectivity index (χ1n) is 7.67. The van der Waals surface area contributed by atoms with Gasteiger partial charge in [0, 0.05) is 11.0 Å². The molecule has 3 N–H and O–H groups in total. The average Bonchev–Trinajstić information content (AvgIpc) is 2.49. The number of rotatable bonds is 10. The highest BCUT2D eigenvalue weighted by Gasteiger charge is 2.13. The van der Waals surface area contributed by atoms with Crippen molar-refractivity contribution in [3.63, 3.8) is 0 Å². The van der Waals surface area contributed by atoms with Gasteiger partial charge in [0.25, 0.3) is 0 Å². The summed E-state index contributed by atoms with van der Waals surface area (Å²) in [4.78, 5) is 12.0. The highest BCUT2D eigenvalue weighted by atomic mass is 79.9. The molecule has 0 aromatic heterocycles. The normalized spacial score (nSPS) is 10.4. The van der Waals surface area contributed by atoms with E-state index >= 15 is 0 Å². The van der Waals surface area contributed by atoms with Crippen LogP contribution in [0.15, 0.2) is 16.6 Å². The molecule has 1 aromatic rings. The summed E-state index contributed by atoms with van der Waals surface area (Å²) in [7, 11) is 0. The van der Waals surface area contributed by atoms with E-state index in [1.54, 1.807) is 0 Å². The maximum absolute atomic E-state index is 12.0. The first kappa shape index (κ1) is 18.8. The molecule has 1 aromatic carbocycles. The molecule has 0 spiro atoms. The predicted octanol–water partition coefficient (Wildman–Crippen LogP) is 2.64. The third-order valence-electron chi connectivity index (χ3n) is 3.02. The van der Waals surface area contributed by atoms with E-state index in [0.717, 1.165) is 22.9 Å². The van der Waals surface area contributed by atoms with Crippen LogP contribution in [0.1, 0.15) is 32.3 Å². The maximum atomic E-state index is 12.0. The summed E-state index contributed by atoms with van der Waals surface area (Å²) < 4.78 is 12.0. The van der Waals surface area contributed by atoms with Crippen LogP contribution in [0, 0.1) is 0 Å². The van der Waals surface area contributed by atoms with Crippen molar-refractivity contribution in [1.82, 2.24) is 5.32 Å². The van der Waals surface area contributed by atoms with E-state index in [-0.39, 0.29) is 5.91 Å². The van der Waals surface area contributed by atoms with Gasteiger partial charge in [0.1, 0.15) is 0 Å². The highest BCUT2D eigenvalue weighted by molar-refractivity contribution is 9.10. The fourth-order valence-corrected chi connectivity index (χ4v) is 2.44. The van der Waals surface area contributed by atoms with Crippen molar-refractivity contribution in [2.24, 2.45) is 5.73 Å². The third-order valence-corrected chi connectivity index (χ3v) is 3.75. The van der Waals surface area contributed by atoms with Gasteiger partial charge in [0.15, 0.2) is 11.5 Å². The molecule has 0 aliphatic heterocycles. The summed E-state index contributed by atoms with van der Waals surface area (Å²) in [6.45, 7) is 6.26. The van der Waals surface area contributed by atoms with Crippen LogP contribution in [0.25, 0.3) is 0 Å². The summed E-state index contributed by atoms with van der Waals surface area (Å²) in [5, 5.41) is 2.90. The van der Waals surface area contributed by atoms with Gasteiger partial charge in [-0.05, 0) is 50.9 Å². The van der Waals surface area contributed by atoms with Gasteiger partial charge in [-0.2, -0.15) is 0 Å². The Morgan fingerprint density at radius 2 is 1.82 bits per heavy atom. The van der Waals surface area contributed by atoms with Crippen LogP contribution in [0.2, 0.25) is 0 Å². The Balaban J connectivity index is 2.72. The Hall–Kier alpha value is -1.27. The minimum absolute atomic E-state index is 0.00988. The Bertz CT molecular complexity index is 481. The summed E-state index contributed by atoms with van der Waals surface area (Å²) in [6.07, 6.45) is 2.12. The molecule has 0 fully saturated rings. The Labute approximate surface area is 140 Å². The van der Waals surface area contributed by atoms with Gasteiger partial charge in [-0.15, -0.1) is 0 Å². The smallest absolute Gasteiger partial charge is 0.224 e. The molecule has 6 heteroatoms. The van der Waals surface area contributed by atoms with Gasteiger partial charge in [-0.25, -0.2) is 0 Å². The van der Waals surface area contributed by atoms with E-state index in [2.05, 4.69) is 21.2 Å². The molecule has 0 unspecified atom stereocenters. The number of halogens is 1. The Morgan fingerprint density at radius 1 is 1.18 bits per heavy atom. The van der Waals surface area contributed by atoms with Crippen molar-refractivity contribution in [3.8, 4) is 11.5 Å². The summed E-state index contributed by atoms with van der Waals surface area (Å²) in [6, 6.07) is 3.71. The number of hydrogen-bond donors (Lipinski definition) is 2. The van der Waals surface area contributed by atoms with E-state index in [1.165, 1.54) is 0 Å². The Morgan fingerprint density at radius 3 is 2.41 bits per heavy atom. The molecule has 0 aliphatic rings. The molecule has 0 atom stereocenters. The molecule has 5 nitrogen and oxygen atoms in total. The molecule has 1 rings (SSSR count). The second-order valence-electron chi connectivity index (χ2n) is 4.78. The number of carbonyl (C=O) groups excluding carboxylic acids is 1. The lowest BCUT2D eigenvalue weighted by Crippen LogP contribution is -2.26. The van der Waals surface area contributed by atoms with Crippen LogP contribution in [0.3, 0.4) is 0 Å². The maximum Gasteiger partial charge on any atom is 0.224 e. The van der Waals surface area contributed by atoms with Gasteiger partial charge in [0.2, 0.25) is 5.91 Å². The molecule has 0 radical (unpaired) electrons. The van der Waals surface area contributed by atoms with E-state index in [9.17, 15) is 4.79 Å². The lowest BCUT2D eigenvalue weighted by Gasteiger charge is -2.14. The van der Waals surface area contributed by atoms with Crippen molar-refractivity contribution in [2.45, 2.75) is 33.1 Å². The first-order chi connectivity index (χ1) is 10.6. The van der Waals surface area contributed by atoms with Gasteiger partial charge in [0.05, 0.1) is 19.6 Å². The zero-order valence-corrected chi connectivity index (χ0v) is 14.9. The van der Waals surface area contributed by atoms with Crippen LogP contribution in [-0.2, 0) is 11.2 Å². The minimum Gasteiger partial charge on any atom is -0.490 e. The summed E-state index contributed by atoms with van der Waals surface area (Å²) in [5.74, 6) is 1.34. The van der Waals surface area contributed by atoms with Crippen molar-refractivity contribution in [1.29, 1.82) is 0 Å². The summed E-state index contributed by atoms with van der Waals surface area (Å²) >= 11 is 3.49. The fraction of sp³-hybridized carbons (Fsp3) is 0.562. The van der Waals surface area contributed by atoms with Crippen molar-refractivity contribution >= 4 is 21.8 Å². The minimum atomic E-state index is -0.00988. The van der Waals surface area contributed by atoms with E-state index in [4.69, 9.17) is 15.2 Å². The second kappa shape index (κ2) is 10.5. The largest absolute Gasteiger partial charge is 0.490 e. The molecule has 0 heterocycles. The molecule has 0 aliphatic carbocycles. The van der Waals surface area contributed by atoms with Gasteiger partial charge >= 0.3 is 0 Å². The number of nitrogens with one attached hydrogen (secondary N) is 1. The number of nitrogens with two attached hydrogens (primary N) is 1. The Kier molecular flexibility index (Phi) is 8.92. The van der Waals surface area contributed by atoms with Crippen LogP contribution in [0.4, 0.5) is 0 Å². The van der Waals surface area contributed by atoms with E-state index < -0.39 is 0 Å². The molecule has 0 saturated heterocycles. The van der Waals surface area contributed by atoms with Crippen LogP contribution < -0.4 is 20.5 Å². The number of amides is 1. The molecular weight excluding hydrogens is 348 g/mol. The van der Waals surface area contributed by atoms with Gasteiger partial charge < -0.3 is 20.5 Å². The molecule has 124 valence electrons. The number of benzene rings is 1. The average molecular weight is 373 g/mol. The highest BCUT2D eigenvalue weighted by Crippen LogP contribution is 2.34. The van der Waals surface area contributed by atoms with E-state index in [1.807, 2.05) is 26.0 Å². The number of carbonyl (C=O) groups is 1. The zero-order valence-electron chi connectivity index (χ0n) is 13.3. The fourth-order valence-electron chi connectivity index (χ4n) is 1.98. The lowest BCUT2D eigenvalue weighted by molar-refractivity contribution is -0.120. The number of hydrogen-bond acceptors (Lipinski definition) is 4. The molecule has 1 amide bonds. The van der Waals surface area contributed by atoms with Crippen molar-refractivity contribution < 1.29 is 14.3 Å².